The molecule has 0 bridgehead atoms. The SMILES string of the molecule is Cc1ccoc1C(=O)NC(C)c1cccc(C#CCO)c1. The number of aliphatic hydroxyl groups is 1. The van der Waals surface area contributed by atoms with E-state index in [1.165, 1.54) is 6.26 Å². The van der Waals surface area contributed by atoms with Gasteiger partial charge in [-0.3, -0.25) is 4.79 Å². The fourth-order valence-electron chi connectivity index (χ4n) is 1.98. The Labute approximate surface area is 123 Å². The molecule has 1 atom stereocenters. The normalized spacial score (nSPS) is 11.4. The van der Waals surface area contributed by atoms with E-state index in [0.717, 1.165) is 16.7 Å². The van der Waals surface area contributed by atoms with E-state index in [9.17, 15) is 4.79 Å². The summed E-state index contributed by atoms with van der Waals surface area (Å²) in [4.78, 5) is 12.1. The number of aryl methyl sites for hydroxylation is 1. The van der Waals surface area contributed by atoms with Crippen molar-refractivity contribution < 1.29 is 14.3 Å². The lowest BCUT2D eigenvalue weighted by Crippen LogP contribution is -2.26. The van der Waals surface area contributed by atoms with Crippen LogP contribution in [0.4, 0.5) is 0 Å². The number of benzene rings is 1. The molecular formula is C17H17NO3. The first-order chi connectivity index (χ1) is 10.1. The maximum atomic E-state index is 12.1. The zero-order chi connectivity index (χ0) is 15.2. The Morgan fingerprint density at radius 1 is 1.43 bits per heavy atom. The summed E-state index contributed by atoms with van der Waals surface area (Å²) in [5, 5.41) is 11.6. The van der Waals surface area contributed by atoms with Gasteiger partial charge in [-0.2, -0.15) is 0 Å². The van der Waals surface area contributed by atoms with Crippen molar-refractivity contribution in [1.82, 2.24) is 5.32 Å². The second-order valence-corrected chi connectivity index (χ2v) is 4.71. The minimum absolute atomic E-state index is 0.169. The number of rotatable bonds is 3. The molecule has 0 aliphatic heterocycles. The van der Waals surface area contributed by atoms with Crippen LogP contribution in [-0.2, 0) is 0 Å². The van der Waals surface area contributed by atoms with Crippen LogP contribution in [0.2, 0.25) is 0 Å². The van der Waals surface area contributed by atoms with Gasteiger partial charge in [0.2, 0.25) is 0 Å². The molecule has 0 fully saturated rings. The molecule has 0 saturated heterocycles. The topological polar surface area (TPSA) is 62.5 Å². The number of hydrogen-bond donors (Lipinski definition) is 2. The van der Waals surface area contributed by atoms with Crippen LogP contribution in [0.25, 0.3) is 0 Å². The van der Waals surface area contributed by atoms with E-state index < -0.39 is 0 Å². The molecule has 0 saturated carbocycles. The molecule has 108 valence electrons. The van der Waals surface area contributed by atoms with Gasteiger partial charge in [-0.15, -0.1) is 0 Å². The fraction of sp³-hybridized carbons (Fsp3) is 0.235. The Bertz CT molecular complexity index is 691. The fourth-order valence-corrected chi connectivity index (χ4v) is 1.98. The molecule has 4 heteroatoms. The molecule has 1 heterocycles. The average molecular weight is 283 g/mol. The van der Waals surface area contributed by atoms with Gasteiger partial charge >= 0.3 is 0 Å². The number of hydrogen-bond acceptors (Lipinski definition) is 3. The van der Waals surface area contributed by atoms with E-state index in [2.05, 4.69) is 17.2 Å². The van der Waals surface area contributed by atoms with Crippen molar-refractivity contribution in [3.63, 3.8) is 0 Å². The number of amides is 1. The van der Waals surface area contributed by atoms with E-state index in [4.69, 9.17) is 9.52 Å². The number of nitrogens with one attached hydrogen (secondary N) is 1. The zero-order valence-electron chi connectivity index (χ0n) is 12.0. The predicted octanol–water partition coefficient (Wildman–Crippen LogP) is 2.42. The number of furan rings is 1. The van der Waals surface area contributed by atoms with Crippen LogP contribution < -0.4 is 5.32 Å². The molecule has 1 aromatic heterocycles. The summed E-state index contributed by atoms with van der Waals surface area (Å²) in [6.07, 6.45) is 1.50. The van der Waals surface area contributed by atoms with Gasteiger partial charge < -0.3 is 14.8 Å². The van der Waals surface area contributed by atoms with Gasteiger partial charge in [0.25, 0.3) is 5.91 Å². The maximum absolute atomic E-state index is 12.1. The lowest BCUT2D eigenvalue weighted by atomic mass is 10.1. The van der Waals surface area contributed by atoms with Crippen LogP contribution >= 0.6 is 0 Å². The monoisotopic (exact) mass is 283 g/mol. The van der Waals surface area contributed by atoms with Gasteiger partial charge in [-0.1, -0.05) is 24.0 Å². The van der Waals surface area contributed by atoms with E-state index in [-0.39, 0.29) is 18.6 Å². The largest absolute Gasteiger partial charge is 0.459 e. The summed E-state index contributed by atoms with van der Waals surface area (Å²) in [5.74, 6) is 5.55. The highest BCUT2D eigenvalue weighted by Crippen LogP contribution is 2.16. The third-order valence-corrected chi connectivity index (χ3v) is 3.11. The highest BCUT2D eigenvalue weighted by molar-refractivity contribution is 5.93. The van der Waals surface area contributed by atoms with Crippen molar-refractivity contribution in [2.45, 2.75) is 19.9 Å². The van der Waals surface area contributed by atoms with Crippen molar-refractivity contribution >= 4 is 5.91 Å². The molecule has 0 aliphatic carbocycles. The molecule has 2 N–H and O–H groups in total. The van der Waals surface area contributed by atoms with Gasteiger partial charge in [0.1, 0.15) is 6.61 Å². The zero-order valence-corrected chi connectivity index (χ0v) is 12.0. The smallest absolute Gasteiger partial charge is 0.287 e. The van der Waals surface area contributed by atoms with Gasteiger partial charge in [0.15, 0.2) is 5.76 Å². The number of aliphatic hydroxyl groups excluding tert-OH is 1. The first-order valence-electron chi connectivity index (χ1n) is 6.66. The van der Waals surface area contributed by atoms with Gasteiger partial charge in [0.05, 0.1) is 12.3 Å². The summed E-state index contributed by atoms with van der Waals surface area (Å²) in [7, 11) is 0. The molecule has 0 spiro atoms. The van der Waals surface area contributed by atoms with Gasteiger partial charge in [-0.05, 0) is 37.6 Å². The molecule has 1 unspecified atom stereocenters. The van der Waals surface area contributed by atoms with E-state index in [0.29, 0.717) is 5.76 Å². The molecule has 1 amide bonds. The first-order valence-corrected chi connectivity index (χ1v) is 6.66. The lowest BCUT2D eigenvalue weighted by molar-refractivity contribution is 0.0911. The van der Waals surface area contributed by atoms with Crippen LogP contribution in [0.1, 0.15) is 40.2 Å². The predicted molar refractivity (Wildman–Crippen MR) is 79.7 cm³/mol. The first kappa shape index (κ1) is 14.9. The lowest BCUT2D eigenvalue weighted by Gasteiger charge is -2.14. The van der Waals surface area contributed by atoms with Gasteiger partial charge in [0, 0.05) is 11.1 Å². The van der Waals surface area contributed by atoms with Crippen LogP contribution in [0.5, 0.6) is 0 Å². The number of carbonyl (C=O) groups excluding carboxylic acids is 1. The Morgan fingerprint density at radius 3 is 2.90 bits per heavy atom. The molecule has 2 aromatic rings. The molecule has 2 rings (SSSR count). The van der Waals surface area contributed by atoms with Crippen LogP contribution in [0.15, 0.2) is 41.0 Å². The molecule has 1 aromatic carbocycles. The van der Waals surface area contributed by atoms with Crippen molar-refractivity contribution in [2.75, 3.05) is 6.61 Å². The Kier molecular flexibility index (Phi) is 4.81. The second kappa shape index (κ2) is 6.78. The van der Waals surface area contributed by atoms with E-state index in [1.54, 1.807) is 6.07 Å². The molecule has 21 heavy (non-hydrogen) atoms. The molecule has 0 aliphatic rings. The Balaban J connectivity index is 2.11. The maximum Gasteiger partial charge on any atom is 0.287 e. The molecule has 0 radical (unpaired) electrons. The number of carbonyl (C=O) groups is 1. The second-order valence-electron chi connectivity index (χ2n) is 4.71. The van der Waals surface area contributed by atoms with Crippen LogP contribution in [0.3, 0.4) is 0 Å². The third kappa shape index (κ3) is 3.74. The average Bonchev–Trinajstić information content (AvgIpc) is 2.91. The van der Waals surface area contributed by atoms with Crippen LogP contribution in [-0.4, -0.2) is 17.6 Å². The highest BCUT2D eigenvalue weighted by Gasteiger charge is 2.16. The van der Waals surface area contributed by atoms with E-state index >= 15 is 0 Å². The van der Waals surface area contributed by atoms with Crippen LogP contribution in [0, 0.1) is 18.8 Å². The minimum Gasteiger partial charge on any atom is -0.459 e. The van der Waals surface area contributed by atoms with Crippen molar-refractivity contribution in [3.8, 4) is 11.8 Å². The Hall–Kier alpha value is -2.51. The summed E-state index contributed by atoms with van der Waals surface area (Å²) in [6, 6.07) is 9.13. The summed E-state index contributed by atoms with van der Waals surface area (Å²) in [5.41, 5.74) is 2.55. The molecule has 4 nitrogen and oxygen atoms in total. The molecular weight excluding hydrogens is 266 g/mol. The summed E-state index contributed by atoms with van der Waals surface area (Å²) < 4.78 is 5.18. The highest BCUT2D eigenvalue weighted by atomic mass is 16.3. The summed E-state index contributed by atoms with van der Waals surface area (Å²) in [6.45, 7) is 3.55. The van der Waals surface area contributed by atoms with Gasteiger partial charge in [-0.25, -0.2) is 0 Å². The Morgan fingerprint density at radius 2 is 2.24 bits per heavy atom. The van der Waals surface area contributed by atoms with Crippen molar-refractivity contribution in [3.05, 3.63) is 59.0 Å². The third-order valence-electron chi connectivity index (χ3n) is 3.11. The summed E-state index contributed by atoms with van der Waals surface area (Å²) >= 11 is 0. The van der Waals surface area contributed by atoms with Crippen molar-refractivity contribution in [2.24, 2.45) is 0 Å². The quantitative estimate of drug-likeness (QED) is 0.850. The standard InChI is InChI=1S/C17H17NO3/c1-12-8-10-21-16(12)17(20)18-13(2)15-7-3-5-14(11-15)6-4-9-19/h3,5,7-8,10-11,13,19H,9H2,1-2H3,(H,18,20). The minimum atomic E-state index is -0.239. The van der Waals surface area contributed by atoms with E-state index in [1.807, 2.05) is 38.1 Å². The van der Waals surface area contributed by atoms with Crippen molar-refractivity contribution in [1.29, 1.82) is 0 Å².